The fraction of sp³-hybridized carbons (Fsp3) is 0.333. The van der Waals surface area contributed by atoms with Crippen molar-refractivity contribution in [1.29, 1.82) is 0 Å². The van der Waals surface area contributed by atoms with Gasteiger partial charge in [-0.1, -0.05) is 29.8 Å². The van der Waals surface area contributed by atoms with E-state index >= 15 is 0 Å². The lowest BCUT2D eigenvalue weighted by Crippen LogP contribution is -2.31. The maximum Gasteiger partial charge on any atom is 0.258 e. The topological polar surface area (TPSA) is 67.4 Å². The average Bonchev–Trinajstić information content (AvgIpc) is 2.92. The molecule has 0 saturated heterocycles. The number of carbonyl (C=O) groups excluding carboxylic acids is 2. The van der Waals surface area contributed by atoms with Crippen molar-refractivity contribution in [3.05, 3.63) is 58.1 Å². The molecule has 0 radical (unpaired) electrons. The number of rotatable bonds is 5. The highest BCUT2D eigenvalue weighted by molar-refractivity contribution is 5.99. The number of ether oxygens (including phenoxy) is 1. The van der Waals surface area contributed by atoms with Crippen molar-refractivity contribution in [1.82, 2.24) is 5.32 Å². The summed E-state index contributed by atoms with van der Waals surface area (Å²) in [7, 11) is 0. The molecule has 2 aromatic carbocycles. The summed E-state index contributed by atoms with van der Waals surface area (Å²) in [5.41, 5.74) is 6.02. The Labute approximate surface area is 153 Å². The van der Waals surface area contributed by atoms with E-state index in [1.807, 2.05) is 58.0 Å². The molecule has 1 aliphatic rings. The van der Waals surface area contributed by atoms with E-state index in [-0.39, 0.29) is 24.5 Å². The lowest BCUT2D eigenvalue weighted by Gasteiger charge is -2.17. The number of amides is 2. The number of nitrogens with one attached hydrogen (secondary N) is 2. The molecule has 2 N–H and O–H groups in total. The molecule has 2 aromatic rings. The summed E-state index contributed by atoms with van der Waals surface area (Å²) >= 11 is 0. The smallest absolute Gasteiger partial charge is 0.258 e. The van der Waals surface area contributed by atoms with Crippen molar-refractivity contribution in [3.63, 3.8) is 0 Å². The first-order chi connectivity index (χ1) is 12.3. The van der Waals surface area contributed by atoms with Gasteiger partial charge in [-0.15, -0.1) is 0 Å². The van der Waals surface area contributed by atoms with E-state index in [0.29, 0.717) is 6.42 Å². The standard InChI is InChI=1S/C21H24N2O3/c1-12-7-13(2)21(14(3)8-12)26-11-20(25)22-15(4)16-5-6-18-17(9-16)10-19(24)23-18/h5-9,15H,10-11H2,1-4H3,(H,22,25)(H,23,24). The third kappa shape index (κ3) is 3.87. The SMILES string of the molecule is Cc1cc(C)c(OCC(=O)NC(C)c2ccc3c(c2)CC(=O)N3)c(C)c1. The summed E-state index contributed by atoms with van der Waals surface area (Å²) < 4.78 is 5.74. The number of benzene rings is 2. The normalized spacial score (nSPS) is 13.8. The summed E-state index contributed by atoms with van der Waals surface area (Å²) in [6.45, 7) is 7.90. The zero-order chi connectivity index (χ0) is 18.8. The van der Waals surface area contributed by atoms with Crippen LogP contribution in [0.1, 0.15) is 40.8 Å². The van der Waals surface area contributed by atoms with Crippen LogP contribution in [0.2, 0.25) is 0 Å². The summed E-state index contributed by atoms with van der Waals surface area (Å²) in [6.07, 6.45) is 0.388. The molecule has 0 fully saturated rings. The van der Waals surface area contributed by atoms with Crippen molar-refractivity contribution in [2.75, 3.05) is 11.9 Å². The second kappa shape index (κ2) is 7.20. The molecule has 1 heterocycles. The van der Waals surface area contributed by atoms with Crippen molar-refractivity contribution in [3.8, 4) is 5.75 Å². The third-order valence-corrected chi connectivity index (χ3v) is 4.58. The number of hydrogen-bond donors (Lipinski definition) is 2. The molecule has 0 saturated carbocycles. The molecule has 2 amide bonds. The molecular formula is C21H24N2O3. The highest BCUT2D eigenvalue weighted by Crippen LogP contribution is 2.27. The predicted molar refractivity (Wildman–Crippen MR) is 101 cm³/mol. The van der Waals surface area contributed by atoms with Crippen LogP contribution in [0.5, 0.6) is 5.75 Å². The number of hydrogen-bond acceptors (Lipinski definition) is 3. The number of carbonyl (C=O) groups is 2. The zero-order valence-corrected chi connectivity index (χ0v) is 15.6. The van der Waals surface area contributed by atoms with E-state index in [2.05, 4.69) is 10.6 Å². The van der Waals surface area contributed by atoms with Crippen LogP contribution in [0.25, 0.3) is 0 Å². The minimum absolute atomic E-state index is 0.00563. The minimum Gasteiger partial charge on any atom is -0.483 e. The van der Waals surface area contributed by atoms with Gasteiger partial charge in [-0.2, -0.15) is 0 Å². The maximum absolute atomic E-state index is 12.3. The Kier molecular flexibility index (Phi) is 4.98. The molecule has 26 heavy (non-hydrogen) atoms. The van der Waals surface area contributed by atoms with Gasteiger partial charge in [0.2, 0.25) is 5.91 Å². The first kappa shape index (κ1) is 18.0. The Morgan fingerprint density at radius 1 is 1.19 bits per heavy atom. The molecule has 0 bridgehead atoms. The van der Waals surface area contributed by atoms with Crippen LogP contribution in [-0.2, 0) is 16.0 Å². The molecule has 5 heteroatoms. The molecule has 1 unspecified atom stereocenters. The van der Waals surface area contributed by atoms with Gasteiger partial charge in [0.25, 0.3) is 5.91 Å². The number of aryl methyl sites for hydroxylation is 3. The van der Waals surface area contributed by atoms with Gasteiger partial charge in [0.05, 0.1) is 12.5 Å². The highest BCUT2D eigenvalue weighted by Gasteiger charge is 2.19. The second-order valence-corrected chi connectivity index (χ2v) is 6.95. The number of anilines is 1. The van der Waals surface area contributed by atoms with E-state index in [0.717, 1.165) is 33.7 Å². The largest absolute Gasteiger partial charge is 0.483 e. The van der Waals surface area contributed by atoms with E-state index in [4.69, 9.17) is 4.74 Å². The molecule has 1 aliphatic heterocycles. The van der Waals surface area contributed by atoms with Crippen LogP contribution in [0.4, 0.5) is 5.69 Å². The van der Waals surface area contributed by atoms with E-state index in [1.54, 1.807) is 0 Å². The minimum atomic E-state index is -0.174. The van der Waals surface area contributed by atoms with Crippen LogP contribution < -0.4 is 15.4 Å². The molecule has 3 rings (SSSR count). The Balaban J connectivity index is 1.60. The van der Waals surface area contributed by atoms with Gasteiger partial charge in [-0.25, -0.2) is 0 Å². The predicted octanol–water partition coefficient (Wildman–Crippen LogP) is 3.36. The van der Waals surface area contributed by atoms with Crippen molar-refractivity contribution >= 4 is 17.5 Å². The Morgan fingerprint density at radius 3 is 2.58 bits per heavy atom. The molecule has 0 aromatic heterocycles. The van der Waals surface area contributed by atoms with E-state index in [1.165, 1.54) is 5.56 Å². The fourth-order valence-corrected chi connectivity index (χ4v) is 3.42. The van der Waals surface area contributed by atoms with Crippen molar-refractivity contribution in [2.45, 2.75) is 40.2 Å². The van der Waals surface area contributed by atoms with Crippen LogP contribution in [0.15, 0.2) is 30.3 Å². The molecular weight excluding hydrogens is 328 g/mol. The van der Waals surface area contributed by atoms with Crippen LogP contribution in [0.3, 0.4) is 0 Å². The van der Waals surface area contributed by atoms with Crippen LogP contribution >= 0.6 is 0 Å². The molecule has 5 nitrogen and oxygen atoms in total. The van der Waals surface area contributed by atoms with Gasteiger partial charge in [0.15, 0.2) is 6.61 Å². The lowest BCUT2D eigenvalue weighted by molar-refractivity contribution is -0.123. The van der Waals surface area contributed by atoms with Gasteiger partial charge < -0.3 is 15.4 Å². The van der Waals surface area contributed by atoms with E-state index < -0.39 is 0 Å². The number of fused-ring (bicyclic) bond motifs is 1. The highest BCUT2D eigenvalue weighted by atomic mass is 16.5. The van der Waals surface area contributed by atoms with E-state index in [9.17, 15) is 9.59 Å². The first-order valence-electron chi connectivity index (χ1n) is 8.76. The molecule has 0 spiro atoms. The quantitative estimate of drug-likeness (QED) is 0.867. The maximum atomic E-state index is 12.3. The van der Waals surface area contributed by atoms with Crippen LogP contribution in [0, 0.1) is 20.8 Å². The lowest BCUT2D eigenvalue weighted by atomic mass is 10.0. The zero-order valence-electron chi connectivity index (χ0n) is 15.6. The Hall–Kier alpha value is -2.82. The van der Waals surface area contributed by atoms with Gasteiger partial charge >= 0.3 is 0 Å². The molecule has 1 atom stereocenters. The first-order valence-corrected chi connectivity index (χ1v) is 8.76. The third-order valence-electron chi connectivity index (χ3n) is 4.58. The molecule has 136 valence electrons. The summed E-state index contributed by atoms with van der Waals surface area (Å²) in [4.78, 5) is 23.7. The summed E-state index contributed by atoms with van der Waals surface area (Å²) in [5.74, 6) is 0.596. The summed E-state index contributed by atoms with van der Waals surface area (Å²) in [5, 5.41) is 5.76. The Morgan fingerprint density at radius 2 is 1.88 bits per heavy atom. The molecule has 0 aliphatic carbocycles. The Bertz CT molecular complexity index is 851. The second-order valence-electron chi connectivity index (χ2n) is 6.95. The van der Waals surface area contributed by atoms with Gasteiger partial charge in [0.1, 0.15) is 5.75 Å². The van der Waals surface area contributed by atoms with Gasteiger partial charge in [-0.3, -0.25) is 9.59 Å². The monoisotopic (exact) mass is 352 g/mol. The van der Waals surface area contributed by atoms with Gasteiger partial charge in [-0.05, 0) is 56.0 Å². The van der Waals surface area contributed by atoms with Crippen molar-refractivity contribution < 1.29 is 14.3 Å². The van der Waals surface area contributed by atoms with Crippen LogP contribution in [-0.4, -0.2) is 18.4 Å². The fourth-order valence-electron chi connectivity index (χ4n) is 3.42. The average molecular weight is 352 g/mol. The van der Waals surface area contributed by atoms with Crippen molar-refractivity contribution in [2.24, 2.45) is 0 Å². The summed E-state index contributed by atoms with van der Waals surface area (Å²) in [6, 6.07) is 9.70. The van der Waals surface area contributed by atoms with Gasteiger partial charge in [0, 0.05) is 5.69 Å².